The Morgan fingerprint density at radius 1 is 0.828 bits per heavy atom. The summed E-state index contributed by atoms with van der Waals surface area (Å²) < 4.78 is 0. The van der Waals surface area contributed by atoms with Gasteiger partial charge in [-0.05, 0) is 47.4 Å². The van der Waals surface area contributed by atoms with Crippen LogP contribution in [0.1, 0.15) is 30.9 Å². The Kier molecular flexibility index (Phi) is 6.53. The molecule has 4 heteroatoms. The van der Waals surface area contributed by atoms with Crippen molar-refractivity contribution >= 4 is 17.6 Å². The molecule has 0 saturated carbocycles. The van der Waals surface area contributed by atoms with Crippen LogP contribution in [-0.2, 0) is 6.54 Å². The molecule has 0 unspecified atom stereocenters. The van der Waals surface area contributed by atoms with Gasteiger partial charge in [0.25, 0.3) is 0 Å². The first-order chi connectivity index (χ1) is 14.2. The molecule has 0 aliphatic carbocycles. The van der Waals surface area contributed by atoms with Gasteiger partial charge >= 0.3 is 0 Å². The zero-order valence-electron chi connectivity index (χ0n) is 17.3. The van der Waals surface area contributed by atoms with Gasteiger partial charge in [-0.25, -0.2) is 4.98 Å². The lowest BCUT2D eigenvalue weighted by molar-refractivity contribution is 0.249. The topological polar surface area (TPSA) is 19.4 Å². The van der Waals surface area contributed by atoms with Crippen LogP contribution in [0, 0.1) is 0 Å². The first-order valence-electron chi connectivity index (χ1n) is 10.4. The first kappa shape index (κ1) is 20.0. The lowest BCUT2D eigenvalue weighted by Crippen LogP contribution is -2.46. The third-order valence-electron chi connectivity index (χ3n) is 5.42. The average Bonchev–Trinajstić information content (AvgIpc) is 2.76. The van der Waals surface area contributed by atoms with E-state index in [-0.39, 0.29) is 0 Å². The Balaban J connectivity index is 1.32. The minimum atomic E-state index is 0.504. The third-order valence-corrected chi connectivity index (χ3v) is 6.43. The van der Waals surface area contributed by atoms with Gasteiger partial charge in [0.15, 0.2) is 0 Å². The van der Waals surface area contributed by atoms with Crippen LogP contribution in [0.5, 0.6) is 0 Å². The van der Waals surface area contributed by atoms with Crippen LogP contribution in [-0.4, -0.2) is 36.1 Å². The summed E-state index contributed by atoms with van der Waals surface area (Å²) in [6.07, 6.45) is 1.92. The molecule has 4 rings (SSSR count). The summed E-state index contributed by atoms with van der Waals surface area (Å²) in [7, 11) is 0. The number of nitrogens with zero attached hydrogens (tertiary/aromatic N) is 3. The molecule has 29 heavy (non-hydrogen) atoms. The van der Waals surface area contributed by atoms with Crippen molar-refractivity contribution in [2.24, 2.45) is 0 Å². The van der Waals surface area contributed by atoms with Crippen LogP contribution in [0.2, 0.25) is 0 Å². The Labute approximate surface area is 178 Å². The van der Waals surface area contributed by atoms with Gasteiger partial charge in [-0.3, -0.25) is 4.90 Å². The van der Waals surface area contributed by atoms with Gasteiger partial charge < -0.3 is 4.90 Å². The molecule has 1 aliphatic heterocycles. The van der Waals surface area contributed by atoms with Gasteiger partial charge in [-0.15, -0.1) is 0 Å². The van der Waals surface area contributed by atoms with E-state index in [0.717, 1.165) is 32.7 Å². The summed E-state index contributed by atoms with van der Waals surface area (Å²) in [5.74, 6) is 1.67. The lowest BCUT2D eigenvalue weighted by Gasteiger charge is -2.36. The number of piperazine rings is 1. The van der Waals surface area contributed by atoms with Gasteiger partial charge in [-0.2, -0.15) is 0 Å². The first-order valence-corrected chi connectivity index (χ1v) is 11.2. The molecule has 0 atom stereocenters. The zero-order valence-corrected chi connectivity index (χ0v) is 18.1. The van der Waals surface area contributed by atoms with Crippen molar-refractivity contribution < 1.29 is 0 Å². The Morgan fingerprint density at radius 3 is 2.21 bits per heavy atom. The molecule has 150 valence electrons. The summed E-state index contributed by atoms with van der Waals surface area (Å²) in [5.41, 5.74) is 2.74. The SMILES string of the molecule is CC(C)c1cccnc1N1CCN(Cc2ccc(Sc3ccccc3)cc2)CC1. The molecule has 1 fully saturated rings. The number of pyridine rings is 1. The highest BCUT2D eigenvalue weighted by atomic mass is 32.2. The van der Waals surface area contributed by atoms with Crippen molar-refractivity contribution in [3.63, 3.8) is 0 Å². The van der Waals surface area contributed by atoms with Crippen LogP contribution in [0.4, 0.5) is 5.82 Å². The molecule has 1 aromatic heterocycles. The summed E-state index contributed by atoms with van der Waals surface area (Å²) in [6.45, 7) is 9.75. The molecule has 3 aromatic rings. The monoisotopic (exact) mass is 403 g/mol. The molecular weight excluding hydrogens is 374 g/mol. The second kappa shape index (κ2) is 9.47. The Bertz CT molecular complexity index is 901. The lowest BCUT2D eigenvalue weighted by atomic mass is 10.0. The number of hydrogen-bond donors (Lipinski definition) is 0. The maximum atomic E-state index is 4.68. The molecule has 2 aromatic carbocycles. The van der Waals surface area contributed by atoms with Gasteiger partial charge in [0.1, 0.15) is 5.82 Å². The molecule has 0 radical (unpaired) electrons. The molecule has 3 nitrogen and oxygen atoms in total. The van der Waals surface area contributed by atoms with Crippen LogP contribution < -0.4 is 4.90 Å². The molecule has 0 bridgehead atoms. The van der Waals surface area contributed by atoms with Crippen LogP contribution in [0.3, 0.4) is 0 Å². The molecule has 2 heterocycles. The minimum Gasteiger partial charge on any atom is -0.354 e. The van der Waals surface area contributed by atoms with Crippen LogP contribution >= 0.6 is 11.8 Å². The maximum Gasteiger partial charge on any atom is 0.132 e. The summed E-state index contributed by atoms with van der Waals surface area (Å²) >= 11 is 1.82. The van der Waals surface area contributed by atoms with E-state index in [9.17, 15) is 0 Å². The quantitative estimate of drug-likeness (QED) is 0.527. The average molecular weight is 404 g/mol. The highest BCUT2D eigenvalue weighted by Crippen LogP contribution is 2.28. The summed E-state index contributed by atoms with van der Waals surface area (Å²) in [5, 5.41) is 0. The van der Waals surface area contributed by atoms with E-state index in [2.05, 4.69) is 95.4 Å². The second-order valence-corrected chi connectivity index (χ2v) is 9.04. The fourth-order valence-electron chi connectivity index (χ4n) is 3.79. The second-order valence-electron chi connectivity index (χ2n) is 7.89. The van der Waals surface area contributed by atoms with Crippen molar-refractivity contribution in [1.29, 1.82) is 0 Å². The van der Waals surface area contributed by atoms with E-state index in [1.165, 1.54) is 26.7 Å². The van der Waals surface area contributed by atoms with Crippen molar-refractivity contribution in [3.8, 4) is 0 Å². The minimum absolute atomic E-state index is 0.504. The van der Waals surface area contributed by atoms with E-state index in [4.69, 9.17) is 0 Å². The number of rotatable bonds is 6. The van der Waals surface area contributed by atoms with Crippen LogP contribution in [0.25, 0.3) is 0 Å². The van der Waals surface area contributed by atoms with Crippen molar-refractivity contribution in [2.45, 2.75) is 36.1 Å². The van der Waals surface area contributed by atoms with E-state index >= 15 is 0 Å². The van der Waals surface area contributed by atoms with Crippen LogP contribution in [0.15, 0.2) is 82.7 Å². The number of benzene rings is 2. The fraction of sp³-hybridized carbons (Fsp3) is 0.320. The largest absolute Gasteiger partial charge is 0.354 e. The van der Waals surface area contributed by atoms with E-state index in [0.29, 0.717) is 5.92 Å². The highest BCUT2D eigenvalue weighted by molar-refractivity contribution is 7.99. The fourth-order valence-corrected chi connectivity index (χ4v) is 4.63. The normalized spacial score (nSPS) is 15.1. The predicted molar refractivity (Wildman–Crippen MR) is 123 cm³/mol. The van der Waals surface area contributed by atoms with Gasteiger partial charge in [0, 0.05) is 48.7 Å². The van der Waals surface area contributed by atoms with Gasteiger partial charge in [0.05, 0.1) is 0 Å². The predicted octanol–water partition coefficient (Wildman–Crippen LogP) is 5.68. The van der Waals surface area contributed by atoms with E-state index in [1.54, 1.807) is 0 Å². The molecule has 0 amide bonds. The maximum absolute atomic E-state index is 4.68. The van der Waals surface area contributed by atoms with E-state index < -0.39 is 0 Å². The van der Waals surface area contributed by atoms with Crippen molar-refractivity contribution in [3.05, 3.63) is 84.1 Å². The zero-order chi connectivity index (χ0) is 20.1. The number of anilines is 1. The summed E-state index contributed by atoms with van der Waals surface area (Å²) in [6, 6.07) is 23.8. The standard InChI is InChI=1S/C25H29N3S/c1-20(2)24-9-6-14-26-25(24)28-17-15-27(16-18-28)19-21-10-12-23(13-11-21)29-22-7-4-3-5-8-22/h3-14,20H,15-19H2,1-2H3. The highest BCUT2D eigenvalue weighted by Gasteiger charge is 2.21. The van der Waals surface area contributed by atoms with Crippen molar-refractivity contribution in [1.82, 2.24) is 9.88 Å². The molecule has 0 N–H and O–H groups in total. The smallest absolute Gasteiger partial charge is 0.132 e. The molecule has 1 aliphatic rings. The summed E-state index contributed by atoms with van der Waals surface area (Å²) in [4.78, 5) is 12.3. The number of hydrogen-bond acceptors (Lipinski definition) is 4. The molecular formula is C25H29N3S. The van der Waals surface area contributed by atoms with Gasteiger partial charge in [-0.1, -0.05) is 62.0 Å². The molecule has 0 spiro atoms. The van der Waals surface area contributed by atoms with Crippen molar-refractivity contribution in [2.75, 3.05) is 31.1 Å². The van der Waals surface area contributed by atoms with E-state index in [1.807, 2.05) is 18.0 Å². The molecule has 1 saturated heterocycles. The Hall–Kier alpha value is -2.30. The Morgan fingerprint density at radius 2 is 1.52 bits per heavy atom. The number of aromatic nitrogens is 1. The van der Waals surface area contributed by atoms with Gasteiger partial charge in [0.2, 0.25) is 0 Å². The third kappa shape index (κ3) is 5.20.